The molecule has 0 N–H and O–H groups in total. The third-order valence-electron chi connectivity index (χ3n) is 4.64. The van der Waals surface area contributed by atoms with Crippen molar-refractivity contribution in [1.82, 2.24) is 14.5 Å². The number of anilines is 1. The van der Waals surface area contributed by atoms with Crippen LogP contribution in [0.2, 0.25) is 5.02 Å². The molecule has 2 aromatic heterocycles. The predicted molar refractivity (Wildman–Crippen MR) is 98.8 cm³/mol. The van der Waals surface area contributed by atoms with Crippen molar-refractivity contribution in [3.05, 3.63) is 53.6 Å². The number of aromatic nitrogens is 3. The molecule has 0 atom stereocenters. The first-order valence-corrected chi connectivity index (χ1v) is 8.80. The second-order valence-corrected chi connectivity index (χ2v) is 7.31. The van der Waals surface area contributed by atoms with E-state index in [0.29, 0.717) is 11.8 Å². The fraction of sp³-hybridized carbons (Fsp3) is 0.368. The Morgan fingerprint density at radius 2 is 2.04 bits per heavy atom. The van der Waals surface area contributed by atoms with Gasteiger partial charge < -0.3 is 9.47 Å². The summed E-state index contributed by atoms with van der Waals surface area (Å²) in [6.45, 7) is 7.51. The number of hydrogen-bond donors (Lipinski definition) is 0. The summed E-state index contributed by atoms with van der Waals surface area (Å²) >= 11 is 6.04. The smallest absolute Gasteiger partial charge is 0.129 e. The lowest BCUT2D eigenvalue weighted by atomic mass is 9.99. The summed E-state index contributed by atoms with van der Waals surface area (Å²) < 4.78 is 2.29. The highest BCUT2D eigenvalue weighted by molar-refractivity contribution is 6.31. The minimum atomic E-state index is 0.463. The maximum atomic E-state index is 6.04. The van der Waals surface area contributed by atoms with Gasteiger partial charge >= 0.3 is 0 Å². The van der Waals surface area contributed by atoms with Crippen LogP contribution in [0.4, 0.5) is 5.82 Å². The predicted octanol–water partition coefficient (Wildman–Crippen LogP) is 4.34. The number of halogens is 1. The standard InChI is InChI=1S/C19H21ClN4/c1-13(2)19-21-7-8-23(19)10-14-11-24(12-14)18-6-3-15-9-16(20)4-5-17(15)22-18/h3-9,13-14H,10-12H2,1-2H3. The first-order chi connectivity index (χ1) is 11.6. The average molecular weight is 341 g/mol. The SMILES string of the molecule is CC(C)c1nccn1CC1CN(c2ccc3cc(Cl)ccc3n2)C1. The molecule has 5 heteroatoms. The molecule has 1 fully saturated rings. The normalized spacial score (nSPS) is 15.2. The van der Waals surface area contributed by atoms with E-state index in [-0.39, 0.29) is 0 Å². The average Bonchev–Trinajstić information content (AvgIpc) is 2.98. The van der Waals surface area contributed by atoms with Crippen LogP contribution in [0.15, 0.2) is 42.7 Å². The number of imidazole rings is 1. The van der Waals surface area contributed by atoms with Crippen molar-refractivity contribution in [3.8, 4) is 0 Å². The van der Waals surface area contributed by atoms with Gasteiger partial charge in [0.1, 0.15) is 11.6 Å². The van der Waals surface area contributed by atoms with Gasteiger partial charge in [-0.15, -0.1) is 0 Å². The Kier molecular flexibility index (Phi) is 3.93. The Balaban J connectivity index is 1.44. The quantitative estimate of drug-likeness (QED) is 0.708. The van der Waals surface area contributed by atoms with E-state index in [2.05, 4.69) is 46.6 Å². The van der Waals surface area contributed by atoms with Crippen LogP contribution >= 0.6 is 11.6 Å². The van der Waals surface area contributed by atoms with Crippen molar-refractivity contribution in [3.63, 3.8) is 0 Å². The first kappa shape index (κ1) is 15.5. The maximum Gasteiger partial charge on any atom is 0.129 e. The van der Waals surface area contributed by atoms with Gasteiger partial charge in [0, 0.05) is 54.3 Å². The molecule has 0 radical (unpaired) electrons. The molecule has 124 valence electrons. The second kappa shape index (κ2) is 6.10. The molecule has 1 aliphatic rings. The van der Waals surface area contributed by atoms with E-state index < -0.39 is 0 Å². The number of benzene rings is 1. The number of rotatable bonds is 4. The van der Waals surface area contributed by atoms with Gasteiger partial charge in [0.2, 0.25) is 0 Å². The summed E-state index contributed by atoms with van der Waals surface area (Å²) in [6, 6.07) is 10.0. The third-order valence-corrected chi connectivity index (χ3v) is 4.87. The first-order valence-electron chi connectivity index (χ1n) is 8.42. The van der Waals surface area contributed by atoms with Gasteiger partial charge in [-0.05, 0) is 30.3 Å². The molecule has 3 aromatic rings. The molecule has 4 nitrogen and oxygen atoms in total. The molecule has 0 amide bonds. The Labute approximate surface area is 147 Å². The molecule has 1 aromatic carbocycles. The number of nitrogens with zero attached hydrogens (tertiary/aromatic N) is 4. The lowest BCUT2D eigenvalue weighted by molar-refractivity contribution is 0.349. The van der Waals surface area contributed by atoms with Gasteiger partial charge in [-0.25, -0.2) is 9.97 Å². The van der Waals surface area contributed by atoms with Crippen molar-refractivity contribution in [2.45, 2.75) is 26.3 Å². The topological polar surface area (TPSA) is 34.0 Å². The molecule has 3 heterocycles. The summed E-state index contributed by atoms with van der Waals surface area (Å²) in [5.74, 6) is 3.34. The summed E-state index contributed by atoms with van der Waals surface area (Å²) in [5, 5.41) is 1.84. The number of pyridine rings is 1. The van der Waals surface area contributed by atoms with E-state index >= 15 is 0 Å². The molecule has 0 unspecified atom stereocenters. The van der Waals surface area contributed by atoms with Crippen molar-refractivity contribution >= 4 is 28.3 Å². The minimum absolute atomic E-state index is 0.463. The van der Waals surface area contributed by atoms with Crippen LogP contribution in [0.5, 0.6) is 0 Å². The molecule has 0 spiro atoms. The lowest BCUT2D eigenvalue weighted by Gasteiger charge is -2.40. The van der Waals surface area contributed by atoms with Crippen LogP contribution < -0.4 is 4.90 Å². The molecule has 0 saturated carbocycles. The van der Waals surface area contributed by atoms with Gasteiger partial charge in [-0.1, -0.05) is 25.4 Å². The van der Waals surface area contributed by atoms with Gasteiger partial charge in [-0.2, -0.15) is 0 Å². The van der Waals surface area contributed by atoms with Crippen LogP contribution in [-0.2, 0) is 6.54 Å². The molecule has 1 aliphatic heterocycles. The highest BCUT2D eigenvalue weighted by atomic mass is 35.5. The van der Waals surface area contributed by atoms with E-state index in [4.69, 9.17) is 16.6 Å². The zero-order chi connectivity index (χ0) is 16.7. The molecular weight excluding hydrogens is 320 g/mol. The minimum Gasteiger partial charge on any atom is -0.356 e. The zero-order valence-electron chi connectivity index (χ0n) is 14.0. The van der Waals surface area contributed by atoms with Crippen molar-refractivity contribution in [1.29, 1.82) is 0 Å². The van der Waals surface area contributed by atoms with Crippen molar-refractivity contribution in [2.75, 3.05) is 18.0 Å². The van der Waals surface area contributed by atoms with E-state index in [0.717, 1.165) is 41.4 Å². The molecular formula is C19H21ClN4. The molecule has 4 rings (SSSR count). The van der Waals surface area contributed by atoms with Gasteiger partial charge in [0.05, 0.1) is 5.52 Å². The highest BCUT2D eigenvalue weighted by Crippen LogP contribution is 2.27. The second-order valence-electron chi connectivity index (χ2n) is 6.87. The fourth-order valence-corrected chi connectivity index (χ4v) is 3.57. The number of hydrogen-bond acceptors (Lipinski definition) is 3. The van der Waals surface area contributed by atoms with Gasteiger partial charge in [0.15, 0.2) is 0 Å². The molecule has 24 heavy (non-hydrogen) atoms. The summed E-state index contributed by atoms with van der Waals surface area (Å²) in [4.78, 5) is 11.6. The van der Waals surface area contributed by atoms with Gasteiger partial charge in [-0.3, -0.25) is 0 Å². The van der Waals surface area contributed by atoms with Gasteiger partial charge in [0.25, 0.3) is 0 Å². The Bertz CT molecular complexity index is 865. The zero-order valence-corrected chi connectivity index (χ0v) is 14.7. The Morgan fingerprint density at radius 3 is 2.83 bits per heavy atom. The van der Waals surface area contributed by atoms with Crippen LogP contribution in [0, 0.1) is 5.92 Å². The fourth-order valence-electron chi connectivity index (χ4n) is 3.39. The lowest BCUT2D eigenvalue weighted by Crippen LogP contribution is -2.49. The van der Waals surface area contributed by atoms with Crippen molar-refractivity contribution in [2.24, 2.45) is 5.92 Å². The largest absolute Gasteiger partial charge is 0.356 e. The summed E-state index contributed by atoms with van der Waals surface area (Å²) in [5.41, 5.74) is 0.997. The molecule has 0 bridgehead atoms. The third kappa shape index (κ3) is 2.86. The Hall–Kier alpha value is -2.07. The van der Waals surface area contributed by atoms with E-state index in [1.807, 2.05) is 24.4 Å². The van der Waals surface area contributed by atoms with Crippen LogP contribution in [0.3, 0.4) is 0 Å². The highest BCUT2D eigenvalue weighted by Gasteiger charge is 2.28. The molecule has 0 aliphatic carbocycles. The van der Waals surface area contributed by atoms with Crippen LogP contribution in [0.25, 0.3) is 10.9 Å². The van der Waals surface area contributed by atoms with E-state index in [1.165, 1.54) is 5.82 Å². The number of fused-ring (bicyclic) bond motifs is 1. The monoisotopic (exact) mass is 340 g/mol. The maximum absolute atomic E-state index is 6.04. The van der Waals surface area contributed by atoms with E-state index in [9.17, 15) is 0 Å². The van der Waals surface area contributed by atoms with Crippen LogP contribution in [0.1, 0.15) is 25.6 Å². The summed E-state index contributed by atoms with van der Waals surface area (Å²) in [7, 11) is 0. The molecule has 1 saturated heterocycles. The Morgan fingerprint density at radius 1 is 1.21 bits per heavy atom. The summed E-state index contributed by atoms with van der Waals surface area (Å²) in [6.07, 6.45) is 4.00. The van der Waals surface area contributed by atoms with Crippen LogP contribution in [-0.4, -0.2) is 27.6 Å². The van der Waals surface area contributed by atoms with E-state index in [1.54, 1.807) is 0 Å². The van der Waals surface area contributed by atoms with Crippen molar-refractivity contribution < 1.29 is 0 Å².